The standard InChI is InChI=1S/C11H16NO3P/c1-9(2)16(13)14-8-5-11(15-16)10-3-6-12-7-4-10/h3-4,6-7,9,11H,5,8H2,1-2H3. The van der Waals surface area contributed by atoms with Crippen LogP contribution in [0.3, 0.4) is 0 Å². The van der Waals surface area contributed by atoms with Gasteiger partial charge in [0, 0.05) is 18.8 Å². The SMILES string of the molecule is CC(C)P1(=O)OCCC(c2ccncc2)O1. The molecule has 0 amide bonds. The highest BCUT2D eigenvalue weighted by atomic mass is 31.2. The zero-order valence-corrected chi connectivity index (χ0v) is 10.4. The van der Waals surface area contributed by atoms with E-state index in [0.717, 1.165) is 12.0 Å². The van der Waals surface area contributed by atoms with Gasteiger partial charge in [-0.2, -0.15) is 0 Å². The molecule has 2 unspecified atom stereocenters. The molecule has 88 valence electrons. The van der Waals surface area contributed by atoms with Crippen molar-refractivity contribution >= 4 is 7.60 Å². The maximum Gasteiger partial charge on any atom is 0.333 e. The number of nitrogens with zero attached hydrogens (tertiary/aromatic N) is 1. The minimum Gasteiger partial charge on any atom is -0.308 e. The highest BCUT2D eigenvalue weighted by molar-refractivity contribution is 7.54. The fraction of sp³-hybridized carbons (Fsp3) is 0.545. The molecule has 0 N–H and O–H groups in total. The van der Waals surface area contributed by atoms with Gasteiger partial charge >= 0.3 is 7.60 Å². The Hall–Kier alpha value is -0.700. The van der Waals surface area contributed by atoms with Crippen molar-refractivity contribution in [2.45, 2.75) is 32.0 Å². The smallest absolute Gasteiger partial charge is 0.308 e. The zero-order chi connectivity index (χ0) is 11.6. The monoisotopic (exact) mass is 241 g/mol. The minimum atomic E-state index is -2.93. The van der Waals surface area contributed by atoms with Gasteiger partial charge in [-0.25, -0.2) is 0 Å². The molecule has 2 atom stereocenters. The topological polar surface area (TPSA) is 48.4 Å². The zero-order valence-electron chi connectivity index (χ0n) is 9.50. The molecular formula is C11H16NO3P. The van der Waals surface area contributed by atoms with E-state index >= 15 is 0 Å². The third-order valence-electron chi connectivity index (χ3n) is 2.64. The third kappa shape index (κ3) is 2.34. The van der Waals surface area contributed by atoms with Crippen LogP contribution in [0.1, 0.15) is 31.9 Å². The Morgan fingerprint density at radius 3 is 2.75 bits per heavy atom. The van der Waals surface area contributed by atoms with Crippen molar-refractivity contribution in [3.8, 4) is 0 Å². The summed E-state index contributed by atoms with van der Waals surface area (Å²) in [5, 5.41) is 0. The molecule has 1 aliphatic rings. The lowest BCUT2D eigenvalue weighted by Crippen LogP contribution is -2.18. The van der Waals surface area contributed by atoms with Crippen LogP contribution >= 0.6 is 7.60 Å². The molecule has 1 aromatic heterocycles. The molecule has 0 aromatic carbocycles. The van der Waals surface area contributed by atoms with E-state index in [-0.39, 0.29) is 11.8 Å². The van der Waals surface area contributed by atoms with E-state index in [2.05, 4.69) is 4.98 Å². The summed E-state index contributed by atoms with van der Waals surface area (Å²) in [5.74, 6) is 0. The van der Waals surface area contributed by atoms with Gasteiger partial charge in [0.2, 0.25) is 0 Å². The Morgan fingerprint density at radius 2 is 2.12 bits per heavy atom. The molecule has 4 nitrogen and oxygen atoms in total. The van der Waals surface area contributed by atoms with E-state index in [0.29, 0.717) is 6.61 Å². The summed E-state index contributed by atoms with van der Waals surface area (Å²) in [6.45, 7) is 4.20. The van der Waals surface area contributed by atoms with Crippen molar-refractivity contribution in [2.75, 3.05) is 6.61 Å². The van der Waals surface area contributed by atoms with Gasteiger partial charge in [-0.15, -0.1) is 0 Å². The van der Waals surface area contributed by atoms with Crippen LogP contribution in [0.15, 0.2) is 24.5 Å². The van der Waals surface area contributed by atoms with E-state index in [1.807, 2.05) is 26.0 Å². The van der Waals surface area contributed by atoms with Gasteiger partial charge < -0.3 is 9.05 Å². The average molecular weight is 241 g/mol. The lowest BCUT2D eigenvalue weighted by molar-refractivity contribution is 0.0781. The van der Waals surface area contributed by atoms with Crippen molar-refractivity contribution in [2.24, 2.45) is 0 Å². The highest BCUT2D eigenvalue weighted by Crippen LogP contribution is 2.59. The first kappa shape index (κ1) is 11.8. The summed E-state index contributed by atoms with van der Waals surface area (Å²) >= 11 is 0. The minimum absolute atomic E-state index is 0.0999. The number of hydrogen-bond acceptors (Lipinski definition) is 4. The lowest BCUT2D eigenvalue weighted by Gasteiger charge is -2.32. The van der Waals surface area contributed by atoms with Crippen LogP contribution in [0.4, 0.5) is 0 Å². The molecule has 1 aliphatic heterocycles. The Kier molecular flexibility index (Phi) is 3.43. The fourth-order valence-electron chi connectivity index (χ4n) is 1.62. The Bertz CT molecular complexity index is 393. The maximum atomic E-state index is 12.3. The Labute approximate surface area is 95.5 Å². The molecule has 1 fully saturated rings. The summed E-state index contributed by atoms with van der Waals surface area (Å²) in [6.07, 6.45) is 4.04. The molecule has 5 heteroatoms. The van der Waals surface area contributed by atoms with Crippen molar-refractivity contribution in [3.05, 3.63) is 30.1 Å². The van der Waals surface area contributed by atoms with E-state index in [1.54, 1.807) is 12.4 Å². The van der Waals surface area contributed by atoms with Crippen LogP contribution < -0.4 is 0 Å². The van der Waals surface area contributed by atoms with Gasteiger partial charge in [0.25, 0.3) is 0 Å². The van der Waals surface area contributed by atoms with Crippen molar-refractivity contribution < 1.29 is 13.6 Å². The van der Waals surface area contributed by atoms with E-state index in [1.165, 1.54) is 0 Å². The summed E-state index contributed by atoms with van der Waals surface area (Å²) in [7, 11) is -2.93. The number of aromatic nitrogens is 1. The predicted molar refractivity (Wildman–Crippen MR) is 61.4 cm³/mol. The summed E-state index contributed by atoms with van der Waals surface area (Å²) in [4.78, 5) is 3.96. The second-order valence-electron chi connectivity index (χ2n) is 4.13. The quantitative estimate of drug-likeness (QED) is 0.746. The van der Waals surface area contributed by atoms with Crippen LogP contribution in [0.5, 0.6) is 0 Å². The number of rotatable bonds is 2. The molecule has 0 spiro atoms. The molecule has 0 aliphatic carbocycles. The third-order valence-corrected chi connectivity index (χ3v) is 4.99. The van der Waals surface area contributed by atoms with Crippen molar-refractivity contribution in [1.82, 2.24) is 4.98 Å². The van der Waals surface area contributed by atoms with Crippen molar-refractivity contribution in [1.29, 1.82) is 0 Å². The maximum absolute atomic E-state index is 12.3. The van der Waals surface area contributed by atoms with E-state index < -0.39 is 7.60 Å². The highest BCUT2D eigenvalue weighted by Gasteiger charge is 2.36. The van der Waals surface area contributed by atoms with Crippen LogP contribution in [-0.2, 0) is 13.6 Å². The van der Waals surface area contributed by atoms with Crippen molar-refractivity contribution in [3.63, 3.8) is 0 Å². The second-order valence-corrected chi connectivity index (χ2v) is 6.71. The number of hydrogen-bond donors (Lipinski definition) is 0. The molecule has 0 saturated carbocycles. The fourth-order valence-corrected chi connectivity index (χ4v) is 3.17. The first-order valence-corrected chi connectivity index (χ1v) is 7.05. The summed E-state index contributed by atoms with van der Waals surface area (Å²) in [6, 6.07) is 3.78. The van der Waals surface area contributed by atoms with Gasteiger partial charge in [0.15, 0.2) is 0 Å². The van der Waals surface area contributed by atoms with Crippen LogP contribution in [0, 0.1) is 0 Å². The van der Waals surface area contributed by atoms with Gasteiger partial charge in [-0.05, 0) is 17.7 Å². The Balaban J connectivity index is 2.17. The molecule has 2 heterocycles. The van der Waals surface area contributed by atoms with Crippen LogP contribution in [-0.4, -0.2) is 17.2 Å². The van der Waals surface area contributed by atoms with E-state index in [4.69, 9.17) is 9.05 Å². The van der Waals surface area contributed by atoms with Crippen LogP contribution in [0.2, 0.25) is 0 Å². The second kappa shape index (κ2) is 4.66. The predicted octanol–water partition coefficient (Wildman–Crippen LogP) is 3.16. The summed E-state index contributed by atoms with van der Waals surface area (Å²) < 4.78 is 23.2. The number of pyridine rings is 1. The first-order valence-electron chi connectivity index (χ1n) is 5.44. The molecule has 1 aromatic rings. The molecule has 0 radical (unpaired) electrons. The Morgan fingerprint density at radius 1 is 1.44 bits per heavy atom. The average Bonchev–Trinajstić information content (AvgIpc) is 2.30. The van der Waals surface area contributed by atoms with Crippen LogP contribution in [0.25, 0.3) is 0 Å². The molecular weight excluding hydrogens is 225 g/mol. The van der Waals surface area contributed by atoms with Gasteiger partial charge in [0.1, 0.15) is 0 Å². The molecule has 16 heavy (non-hydrogen) atoms. The molecule has 0 bridgehead atoms. The molecule has 2 rings (SSSR count). The normalized spacial score (nSPS) is 30.6. The van der Waals surface area contributed by atoms with Gasteiger partial charge in [-0.3, -0.25) is 9.55 Å². The van der Waals surface area contributed by atoms with Gasteiger partial charge in [0.05, 0.1) is 18.4 Å². The lowest BCUT2D eigenvalue weighted by atomic mass is 10.1. The summed E-state index contributed by atoms with van der Waals surface area (Å²) in [5.41, 5.74) is 0.913. The first-order chi connectivity index (χ1) is 7.62. The largest absolute Gasteiger partial charge is 0.333 e. The van der Waals surface area contributed by atoms with Gasteiger partial charge in [-0.1, -0.05) is 13.8 Å². The molecule has 1 saturated heterocycles. The van der Waals surface area contributed by atoms with E-state index in [9.17, 15) is 4.57 Å².